The van der Waals surface area contributed by atoms with Gasteiger partial charge in [-0.2, -0.15) is 0 Å². The minimum absolute atomic E-state index is 0.0905. The summed E-state index contributed by atoms with van der Waals surface area (Å²) in [4.78, 5) is 25.1. The number of aryl methyl sites for hydroxylation is 2. The summed E-state index contributed by atoms with van der Waals surface area (Å²) in [5, 5.41) is 0.339. The molecule has 3 aromatic carbocycles. The van der Waals surface area contributed by atoms with E-state index in [2.05, 4.69) is 0 Å². The summed E-state index contributed by atoms with van der Waals surface area (Å²) in [6.07, 6.45) is 1.26. The fourth-order valence-electron chi connectivity index (χ4n) is 2.99. The maximum absolute atomic E-state index is 12.7. The van der Waals surface area contributed by atoms with Crippen LogP contribution in [0.25, 0.3) is 11.0 Å². The van der Waals surface area contributed by atoms with Gasteiger partial charge in [-0.3, -0.25) is 4.79 Å². The van der Waals surface area contributed by atoms with Gasteiger partial charge in [0.1, 0.15) is 23.3 Å². The Bertz CT molecular complexity index is 1270. The van der Waals surface area contributed by atoms with Crippen molar-refractivity contribution >= 4 is 16.9 Å². The first-order chi connectivity index (χ1) is 14.0. The van der Waals surface area contributed by atoms with E-state index >= 15 is 0 Å². The number of rotatable bonds is 4. The van der Waals surface area contributed by atoms with Crippen LogP contribution in [0.1, 0.15) is 21.5 Å². The molecule has 144 valence electrons. The van der Waals surface area contributed by atoms with Crippen molar-refractivity contribution < 1.29 is 18.7 Å². The molecular weight excluding hydrogens is 368 g/mol. The monoisotopic (exact) mass is 386 g/mol. The Kier molecular flexibility index (Phi) is 4.87. The van der Waals surface area contributed by atoms with Crippen LogP contribution < -0.4 is 14.9 Å². The molecular formula is C24H18O5. The van der Waals surface area contributed by atoms with Gasteiger partial charge in [0.2, 0.25) is 11.2 Å². The van der Waals surface area contributed by atoms with Crippen LogP contribution in [0.2, 0.25) is 0 Å². The van der Waals surface area contributed by atoms with Crippen molar-refractivity contribution in [2.24, 2.45) is 0 Å². The predicted molar refractivity (Wildman–Crippen MR) is 110 cm³/mol. The van der Waals surface area contributed by atoms with E-state index in [0.717, 1.165) is 11.1 Å². The number of fused-ring (bicyclic) bond motifs is 1. The molecule has 4 aromatic rings. The average molecular weight is 386 g/mol. The first kappa shape index (κ1) is 18.5. The van der Waals surface area contributed by atoms with Crippen molar-refractivity contribution in [3.63, 3.8) is 0 Å². The molecule has 0 atom stereocenters. The van der Waals surface area contributed by atoms with Gasteiger partial charge in [0, 0.05) is 6.07 Å². The molecule has 5 heteroatoms. The molecule has 0 spiro atoms. The summed E-state index contributed by atoms with van der Waals surface area (Å²) in [5.74, 6) is 0.471. The second kappa shape index (κ2) is 7.64. The Morgan fingerprint density at radius 1 is 0.897 bits per heavy atom. The minimum atomic E-state index is -0.468. The second-order valence-electron chi connectivity index (χ2n) is 6.71. The van der Waals surface area contributed by atoms with Crippen LogP contribution in [0, 0.1) is 13.8 Å². The van der Waals surface area contributed by atoms with E-state index in [0.29, 0.717) is 28.0 Å². The summed E-state index contributed by atoms with van der Waals surface area (Å²) < 4.78 is 16.7. The number of carbonyl (C=O) groups is 1. The van der Waals surface area contributed by atoms with Crippen LogP contribution in [0.15, 0.2) is 82.2 Å². The molecule has 0 amide bonds. The smallest absolute Gasteiger partial charge is 0.343 e. The molecule has 0 radical (unpaired) electrons. The lowest BCUT2D eigenvalue weighted by molar-refractivity contribution is 0.0734. The van der Waals surface area contributed by atoms with Gasteiger partial charge in [-0.15, -0.1) is 0 Å². The summed E-state index contributed by atoms with van der Waals surface area (Å²) in [7, 11) is 0. The third-order valence-corrected chi connectivity index (χ3v) is 4.51. The highest BCUT2D eigenvalue weighted by molar-refractivity contribution is 5.93. The van der Waals surface area contributed by atoms with Gasteiger partial charge < -0.3 is 13.9 Å². The summed E-state index contributed by atoms with van der Waals surface area (Å²) >= 11 is 0. The molecule has 0 saturated carbocycles. The Labute approximate surface area is 167 Å². The van der Waals surface area contributed by atoms with Gasteiger partial charge in [-0.1, -0.05) is 30.3 Å². The number of carbonyl (C=O) groups excluding carboxylic acids is 1. The molecule has 5 nitrogen and oxygen atoms in total. The van der Waals surface area contributed by atoms with E-state index in [4.69, 9.17) is 13.9 Å². The molecule has 0 unspecified atom stereocenters. The SMILES string of the molecule is Cc1cccc(Oc2coc3cc(OC(=O)c4ccccc4C)ccc3c2=O)c1. The van der Waals surface area contributed by atoms with Crippen LogP contribution in [-0.2, 0) is 0 Å². The third kappa shape index (κ3) is 3.89. The Morgan fingerprint density at radius 2 is 1.72 bits per heavy atom. The largest absolute Gasteiger partial charge is 0.460 e. The fourth-order valence-corrected chi connectivity index (χ4v) is 2.99. The van der Waals surface area contributed by atoms with Gasteiger partial charge in [0.15, 0.2) is 0 Å². The Hall–Kier alpha value is -3.86. The van der Waals surface area contributed by atoms with E-state index in [1.165, 1.54) is 12.3 Å². The lowest BCUT2D eigenvalue weighted by Gasteiger charge is -2.08. The summed E-state index contributed by atoms with van der Waals surface area (Å²) in [6.45, 7) is 3.78. The van der Waals surface area contributed by atoms with Crippen molar-refractivity contribution in [2.75, 3.05) is 0 Å². The van der Waals surface area contributed by atoms with E-state index in [1.807, 2.05) is 44.2 Å². The van der Waals surface area contributed by atoms with E-state index < -0.39 is 5.97 Å². The van der Waals surface area contributed by atoms with Crippen molar-refractivity contribution in [1.82, 2.24) is 0 Å². The molecule has 0 aliphatic heterocycles. The van der Waals surface area contributed by atoms with Crippen LogP contribution >= 0.6 is 0 Å². The Balaban J connectivity index is 1.61. The fraction of sp³-hybridized carbons (Fsp3) is 0.0833. The molecule has 1 aromatic heterocycles. The molecule has 0 aliphatic rings. The van der Waals surface area contributed by atoms with Crippen LogP contribution in [0.4, 0.5) is 0 Å². The molecule has 0 saturated heterocycles. The lowest BCUT2D eigenvalue weighted by Crippen LogP contribution is -2.10. The highest BCUT2D eigenvalue weighted by Gasteiger charge is 2.14. The molecule has 4 rings (SSSR count). The zero-order valence-corrected chi connectivity index (χ0v) is 16.0. The van der Waals surface area contributed by atoms with Gasteiger partial charge in [-0.25, -0.2) is 4.79 Å². The normalized spacial score (nSPS) is 10.7. The zero-order valence-electron chi connectivity index (χ0n) is 16.0. The van der Waals surface area contributed by atoms with Crippen molar-refractivity contribution in [2.45, 2.75) is 13.8 Å². The number of benzene rings is 3. The highest BCUT2D eigenvalue weighted by Crippen LogP contribution is 2.25. The quantitative estimate of drug-likeness (QED) is 0.346. The van der Waals surface area contributed by atoms with Crippen molar-refractivity contribution in [3.8, 4) is 17.2 Å². The first-order valence-electron chi connectivity index (χ1n) is 9.09. The van der Waals surface area contributed by atoms with E-state index in [9.17, 15) is 9.59 Å². The van der Waals surface area contributed by atoms with Crippen molar-refractivity contribution in [1.29, 1.82) is 0 Å². The Morgan fingerprint density at radius 3 is 2.52 bits per heavy atom. The predicted octanol–water partition coefficient (Wildman–Crippen LogP) is 5.42. The average Bonchev–Trinajstić information content (AvgIpc) is 2.70. The van der Waals surface area contributed by atoms with Crippen LogP contribution in [0.5, 0.6) is 17.2 Å². The number of ether oxygens (including phenoxy) is 2. The molecule has 0 fully saturated rings. The molecule has 0 aliphatic carbocycles. The zero-order chi connectivity index (χ0) is 20.4. The first-order valence-corrected chi connectivity index (χ1v) is 9.09. The number of esters is 1. The standard InChI is InChI=1S/C24H18O5/c1-15-6-5-8-17(12-15)28-22-14-27-21-13-18(10-11-20(21)23(22)25)29-24(26)19-9-4-3-7-16(19)2/h3-14H,1-2H3. The maximum atomic E-state index is 12.7. The maximum Gasteiger partial charge on any atom is 0.343 e. The number of hydrogen-bond acceptors (Lipinski definition) is 5. The van der Waals surface area contributed by atoms with E-state index in [1.54, 1.807) is 30.3 Å². The van der Waals surface area contributed by atoms with Crippen LogP contribution in [0.3, 0.4) is 0 Å². The lowest BCUT2D eigenvalue weighted by atomic mass is 10.1. The molecule has 0 bridgehead atoms. The second-order valence-corrected chi connectivity index (χ2v) is 6.71. The topological polar surface area (TPSA) is 65.7 Å². The van der Waals surface area contributed by atoms with Gasteiger partial charge in [0.25, 0.3) is 0 Å². The van der Waals surface area contributed by atoms with Crippen molar-refractivity contribution in [3.05, 3.63) is 99.9 Å². The third-order valence-electron chi connectivity index (χ3n) is 4.51. The molecule has 0 N–H and O–H groups in total. The summed E-state index contributed by atoms with van der Waals surface area (Å²) in [5.41, 5.74) is 2.33. The molecule has 29 heavy (non-hydrogen) atoms. The van der Waals surface area contributed by atoms with Crippen LogP contribution in [-0.4, -0.2) is 5.97 Å². The summed E-state index contributed by atoms with van der Waals surface area (Å²) in [6, 6.07) is 19.2. The van der Waals surface area contributed by atoms with Gasteiger partial charge in [0.05, 0.1) is 10.9 Å². The number of hydrogen-bond donors (Lipinski definition) is 0. The highest BCUT2D eigenvalue weighted by atomic mass is 16.5. The van der Waals surface area contributed by atoms with Gasteiger partial charge in [-0.05, 0) is 55.3 Å². The minimum Gasteiger partial charge on any atom is -0.460 e. The van der Waals surface area contributed by atoms with E-state index in [-0.39, 0.29) is 11.2 Å². The molecule has 1 heterocycles. The van der Waals surface area contributed by atoms with Gasteiger partial charge >= 0.3 is 5.97 Å².